The summed E-state index contributed by atoms with van der Waals surface area (Å²) in [4.78, 5) is 27.6. The van der Waals surface area contributed by atoms with Gasteiger partial charge in [-0.2, -0.15) is 0 Å². The van der Waals surface area contributed by atoms with Gasteiger partial charge in [-0.05, 0) is 66.9 Å². The van der Waals surface area contributed by atoms with Crippen molar-refractivity contribution >= 4 is 40.7 Å². The van der Waals surface area contributed by atoms with E-state index in [1.165, 1.54) is 4.90 Å². The molecule has 3 aromatic carbocycles. The van der Waals surface area contributed by atoms with Gasteiger partial charge in [-0.25, -0.2) is 0 Å². The van der Waals surface area contributed by atoms with E-state index < -0.39 is 17.7 Å². The van der Waals surface area contributed by atoms with E-state index in [4.69, 9.17) is 27.9 Å². The average Bonchev–Trinajstić information content (AvgIpc) is 3.08. The second-order valence-corrected chi connectivity index (χ2v) is 8.89. The van der Waals surface area contributed by atoms with Gasteiger partial charge in [-0.1, -0.05) is 53.5 Å². The molecular formula is C27H23Cl2NO4. The first kappa shape index (κ1) is 23.9. The number of Topliss-reactive ketones (excluding diaryl/α,β-unsaturated/α-hetero) is 1. The quantitative estimate of drug-likeness (QED) is 0.183. The molecule has 1 aliphatic heterocycles. The molecule has 0 radical (unpaired) electrons. The normalized spacial score (nSPS) is 17.3. The zero-order chi connectivity index (χ0) is 24.2. The summed E-state index contributed by atoms with van der Waals surface area (Å²) in [5.41, 5.74) is 2.14. The molecular weight excluding hydrogens is 473 g/mol. The van der Waals surface area contributed by atoms with Gasteiger partial charge in [0.05, 0.1) is 18.2 Å². The molecule has 1 fully saturated rings. The summed E-state index contributed by atoms with van der Waals surface area (Å²) in [6, 6.07) is 20.3. The van der Waals surface area contributed by atoms with Crippen molar-refractivity contribution in [2.75, 3.05) is 13.2 Å². The number of ketones is 1. The summed E-state index contributed by atoms with van der Waals surface area (Å²) in [6.45, 7) is 2.62. The lowest BCUT2D eigenvalue weighted by Gasteiger charge is -2.25. The maximum atomic E-state index is 13.1. The van der Waals surface area contributed by atoms with Crippen LogP contribution in [0.5, 0.6) is 5.75 Å². The number of hydrogen-bond donors (Lipinski definition) is 1. The monoisotopic (exact) mass is 495 g/mol. The molecule has 3 aromatic rings. The van der Waals surface area contributed by atoms with Gasteiger partial charge in [0.15, 0.2) is 0 Å². The predicted molar refractivity (Wildman–Crippen MR) is 133 cm³/mol. The van der Waals surface area contributed by atoms with Crippen molar-refractivity contribution in [1.82, 2.24) is 4.90 Å². The molecule has 1 heterocycles. The van der Waals surface area contributed by atoms with Gasteiger partial charge in [-0.15, -0.1) is 0 Å². The van der Waals surface area contributed by atoms with Crippen LogP contribution in [-0.2, 0) is 9.59 Å². The Bertz CT molecular complexity index is 1240. The van der Waals surface area contributed by atoms with Gasteiger partial charge in [-0.3, -0.25) is 9.59 Å². The molecule has 7 heteroatoms. The van der Waals surface area contributed by atoms with E-state index >= 15 is 0 Å². The van der Waals surface area contributed by atoms with Crippen LogP contribution in [-0.4, -0.2) is 34.8 Å². The molecule has 1 amide bonds. The fraction of sp³-hybridized carbons (Fsp3) is 0.185. The summed E-state index contributed by atoms with van der Waals surface area (Å²) in [5.74, 6) is -0.853. The third kappa shape index (κ3) is 4.96. The first-order valence-corrected chi connectivity index (χ1v) is 11.6. The van der Waals surface area contributed by atoms with Crippen molar-refractivity contribution in [2.45, 2.75) is 19.4 Å². The molecule has 0 aromatic heterocycles. The molecule has 174 valence electrons. The van der Waals surface area contributed by atoms with E-state index in [9.17, 15) is 14.7 Å². The van der Waals surface area contributed by atoms with Crippen LogP contribution in [0.4, 0.5) is 0 Å². The zero-order valence-electron chi connectivity index (χ0n) is 18.5. The molecule has 34 heavy (non-hydrogen) atoms. The summed E-state index contributed by atoms with van der Waals surface area (Å²) in [7, 11) is 0. The second kappa shape index (κ2) is 10.3. The number of hydrogen-bond acceptors (Lipinski definition) is 4. The Kier molecular flexibility index (Phi) is 7.25. The molecule has 4 rings (SSSR count). The van der Waals surface area contributed by atoms with E-state index in [0.29, 0.717) is 34.2 Å². The maximum Gasteiger partial charge on any atom is 0.295 e. The molecule has 5 nitrogen and oxygen atoms in total. The van der Waals surface area contributed by atoms with Crippen LogP contribution >= 0.6 is 23.2 Å². The van der Waals surface area contributed by atoms with Crippen LogP contribution in [0.1, 0.15) is 29.2 Å². The highest BCUT2D eigenvalue weighted by Crippen LogP contribution is 2.39. The third-order valence-electron chi connectivity index (χ3n) is 5.74. The Morgan fingerprint density at radius 3 is 2.21 bits per heavy atom. The molecule has 0 saturated carbocycles. The lowest BCUT2D eigenvalue weighted by Crippen LogP contribution is -2.31. The van der Waals surface area contributed by atoms with E-state index in [1.807, 2.05) is 31.2 Å². The van der Waals surface area contributed by atoms with E-state index in [0.717, 1.165) is 11.3 Å². The largest absolute Gasteiger partial charge is 0.507 e. The smallest absolute Gasteiger partial charge is 0.295 e. The van der Waals surface area contributed by atoms with Gasteiger partial charge in [0, 0.05) is 22.2 Å². The van der Waals surface area contributed by atoms with Gasteiger partial charge < -0.3 is 14.7 Å². The number of ether oxygens (including phenoxy) is 1. The summed E-state index contributed by atoms with van der Waals surface area (Å²) in [6.07, 6.45) is 0.506. The van der Waals surface area contributed by atoms with Crippen LogP contribution in [0.2, 0.25) is 10.0 Å². The Morgan fingerprint density at radius 2 is 1.56 bits per heavy atom. The van der Waals surface area contributed by atoms with E-state index in [1.54, 1.807) is 48.5 Å². The lowest BCUT2D eigenvalue weighted by molar-refractivity contribution is -0.140. The number of nitrogens with zero attached hydrogens (tertiary/aromatic N) is 1. The Balaban J connectivity index is 1.63. The summed E-state index contributed by atoms with van der Waals surface area (Å²) in [5, 5.41) is 12.1. The number of para-hydroxylation sites is 1. The average molecular weight is 496 g/mol. The number of amides is 1. The number of rotatable bonds is 7. The van der Waals surface area contributed by atoms with Gasteiger partial charge >= 0.3 is 0 Å². The topological polar surface area (TPSA) is 66.8 Å². The number of aliphatic hydroxyl groups is 1. The number of likely N-dealkylation sites (tertiary alicyclic amines) is 1. The van der Waals surface area contributed by atoms with Crippen LogP contribution in [0.15, 0.2) is 78.4 Å². The standard InChI is InChI=1S/C27H23Cl2NO4/c1-17-5-2-3-6-22(17)34-16-4-15-30-24(18-7-11-20(28)12-8-18)23(26(32)27(30)33)25(31)19-9-13-21(29)14-10-19/h2-3,5-14,24,31H,4,15-16H2,1H3/t24-/m0/s1. The minimum Gasteiger partial charge on any atom is -0.507 e. The second-order valence-electron chi connectivity index (χ2n) is 8.02. The number of carbonyl (C=O) groups excluding carboxylic acids is 2. The third-order valence-corrected chi connectivity index (χ3v) is 6.24. The first-order valence-electron chi connectivity index (χ1n) is 10.8. The van der Waals surface area contributed by atoms with Gasteiger partial charge in [0.25, 0.3) is 11.7 Å². The predicted octanol–water partition coefficient (Wildman–Crippen LogP) is 6.19. The lowest BCUT2D eigenvalue weighted by atomic mass is 9.95. The molecule has 1 N–H and O–H groups in total. The number of aryl methyl sites for hydroxylation is 1. The Hall–Kier alpha value is -3.28. The molecule has 0 aliphatic carbocycles. The van der Waals surface area contributed by atoms with Gasteiger partial charge in [0.2, 0.25) is 0 Å². The number of carbonyl (C=O) groups is 2. The first-order chi connectivity index (χ1) is 16.4. The maximum absolute atomic E-state index is 13.1. The molecule has 1 aliphatic rings. The molecule has 1 atom stereocenters. The Labute approximate surface area is 208 Å². The van der Waals surface area contributed by atoms with Crippen LogP contribution in [0.25, 0.3) is 5.76 Å². The SMILES string of the molecule is Cc1ccccc1OCCCN1C(=O)C(=O)C(=C(O)c2ccc(Cl)cc2)[C@@H]1c1ccc(Cl)cc1. The number of aliphatic hydroxyl groups excluding tert-OH is 1. The van der Waals surface area contributed by atoms with Crippen molar-refractivity contribution in [3.63, 3.8) is 0 Å². The van der Waals surface area contributed by atoms with Crippen molar-refractivity contribution in [1.29, 1.82) is 0 Å². The van der Waals surface area contributed by atoms with E-state index in [2.05, 4.69) is 0 Å². The number of benzene rings is 3. The summed E-state index contributed by atoms with van der Waals surface area (Å²) < 4.78 is 5.86. The van der Waals surface area contributed by atoms with Crippen LogP contribution in [0, 0.1) is 6.92 Å². The number of halogens is 2. The molecule has 1 saturated heterocycles. The van der Waals surface area contributed by atoms with E-state index in [-0.39, 0.29) is 17.9 Å². The molecule has 0 bridgehead atoms. The van der Waals surface area contributed by atoms with Gasteiger partial charge in [0.1, 0.15) is 11.5 Å². The highest BCUT2D eigenvalue weighted by atomic mass is 35.5. The van der Waals surface area contributed by atoms with Crippen molar-refractivity contribution in [2.24, 2.45) is 0 Å². The van der Waals surface area contributed by atoms with Crippen molar-refractivity contribution < 1.29 is 19.4 Å². The minimum atomic E-state index is -0.744. The van der Waals surface area contributed by atoms with Crippen LogP contribution < -0.4 is 4.74 Å². The fourth-order valence-electron chi connectivity index (χ4n) is 4.00. The highest BCUT2D eigenvalue weighted by molar-refractivity contribution is 6.46. The van der Waals surface area contributed by atoms with Crippen LogP contribution in [0.3, 0.4) is 0 Å². The molecule has 0 unspecified atom stereocenters. The summed E-state index contributed by atoms with van der Waals surface area (Å²) >= 11 is 12.0. The Morgan fingerprint density at radius 1 is 0.941 bits per heavy atom. The zero-order valence-corrected chi connectivity index (χ0v) is 20.0. The molecule has 0 spiro atoms. The highest BCUT2D eigenvalue weighted by Gasteiger charge is 2.45. The minimum absolute atomic E-state index is 0.0365. The van der Waals surface area contributed by atoms with Crippen molar-refractivity contribution in [3.8, 4) is 5.75 Å². The van der Waals surface area contributed by atoms with Crippen molar-refractivity contribution in [3.05, 3.63) is 105 Å². The fourth-order valence-corrected chi connectivity index (χ4v) is 4.25.